The van der Waals surface area contributed by atoms with Crippen molar-refractivity contribution in [2.24, 2.45) is 0 Å². The number of hydrogen-bond acceptors (Lipinski definition) is 7. The maximum absolute atomic E-state index is 13.5. The zero-order chi connectivity index (χ0) is 28.5. The molecule has 4 atom stereocenters. The van der Waals surface area contributed by atoms with E-state index in [2.05, 4.69) is 9.51 Å². The molecule has 12 heteroatoms. The van der Waals surface area contributed by atoms with Gasteiger partial charge in [0.2, 0.25) is 0 Å². The van der Waals surface area contributed by atoms with Crippen LogP contribution in [0.25, 0.3) is 0 Å². The molecule has 40 heavy (non-hydrogen) atoms. The third-order valence-corrected chi connectivity index (χ3v) is 7.67. The number of rotatable bonds is 8. The van der Waals surface area contributed by atoms with Crippen LogP contribution in [0.5, 0.6) is 0 Å². The summed E-state index contributed by atoms with van der Waals surface area (Å²) in [5.41, 5.74) is -3.80. The Morgan fingerprint density at radius 3 is 1.75 bits per heavy atom. The van der Waals surface area contributed by atoms with Crippen LogP contribution in [-0.4, -0.2) is 54.5 Å². The van der Waals surface area contributed by atoms with Crippen LogP contribution in [0.15, 0.2) is 113 Å². The molecule has 1 aliphatic rings. The molecule has 0 saturated carbocycles. The number of phosphoric acid groups is 1. The number of hydrogen-bond donors (Lipinski definition) is 5. The standard InChI is InChI=1S/C28H27N2O9P/c31-23-16-17-30(26(34)29-23)28(25(33)24(32)22(39-28)18-38-40(35,36)37)27(19-10-4-1-5-11-19,20-12-6-2-7-13-20)21-14-8-3-9-15-21/h1-17,22,24-25,32-33H,18H2,(H,29,31,34)(H2,35,36,37)/t22-,24-,25-,28+/m1/s1. The Kier molecular flexibility index (Phi) is 7.47. The lowest BCUT2D eigenvalue weighted by Gasteiger charge is -2.51. The van der Waals surface area contributed by atoms with Crippen molar-refractivity contribution in [2.45, 2.75) is 29.5 Å². The molecule has 1 fully saturated rings. The van der Waals surface area contributed by atoms with Gasteiger partial charge < -0.3 is 24.7 Å². The topological polar surface area (TPSA) is 171 Å². The van der Waals surface area contributed by atoms with Crippen molar-refractivity contribution >= 4 is 7.82 Å². The van der Waals surface area contributed by atoms with E-state index in [4.69, 9.17) is 4.74 Å². The lowest BCUT2D eigenvalue weighted by molar-refractivity contribution is -0.179. The van der Waals surface area contributed by atoms with E-state index in [1.54, 1.807) is 91.0 Å². The fourth-order valence-electron chi connectivity index (χ4n) is 5.66. The second kappa shape index (κ2) is 10.7. The highest BCUT2D eigenvalue weighted by atomic mass is 31.2. The number of benzene rings is 3. The molecule has 11 nitrogen and oxygen atoms in total. The number of aromatic amines is 1. The summed E-state index contributed by atoms with van der Waals surface area (Å²) >= 11 is 0. The van der Waals surface area contributed by atoms with Crippen molar-refractivity contribution in [1.82, 2.24) is 9.55 Å². The Balaban J connectivity index is 1.94. The van der Waals surface area contributed by atoms with Crippen molar-refractivity contribution in [3.63, 3.8) is 0 Å². The minimum Gasteiger partial charge on any atom is -0.387 e. The molecule has 1 saturated heterocycles. The van der Waals surface area contributed by atoms with E-state index in [9.17, 15) is 34.2 Å². The van der Waals surface area contributed by atoms with Crippen LogP contribution in [0.2, 0.25) is 0 Å². The van der Waals surface area contributed by atoms with E-state index in [-0.39, 0.29) is 0 Å². The zero-order valence-electron chi connectivity index (χ0n) is 21.0. The van der Waals surface area contributed by atoms with Gasteiger partial charge in [-0.3, -0.25) is 18.9 Å². The predicted octanol–water partition coefficient (Wildman–Crippen LogP) is 1.45. The molecule has 0 radical (unpaired) electrons. The van der Waals surface area contributed by atoms with Crippen LogP contribution in [0.1, 0.15) is 16.7 Å². The van der Waals surface area contributed by atoms with Crippen LogP contribution in [0, 0.1) is 0 Å². The molecule has 0 aliphatic carbocycles. The van der Waals surface area contributed by atoms with Gasteiger partial charge in [0, 0.05) is 12.3 Å². The smallest absolute Gasteiger partial charge is 0.387 e. The Hall–Kier alpha value is -3.67. The first kappa shape index (κ1) is 27.9. The van der Waals surface area contributed by atoms with Crippen LogP contribution in [0.4, 0.5) is 0 Å². The normalized spacial score (nSPS) is 23.2. The quantitative estimate of drug-likeness (QED) is 0.156. The second-order valence-electron chi connectivity index (χ2n) is 9.40. The molecule has 4 aromatic rings. The molecule has 5 N–H and O–H groups in total. The van der Waals surface area contributed by atoms with Crippen molar-refractivity contribution in [3.8, 4) is 0 Å². The van der Waals surface area contributed by atoms with E-state index < -0.39 is 55.1 Å². The molecular weight excluding hydrogens is 539 g/mol. The molecule has 0 amide bonds. The summed E-state index contributed by atoms with van der Waals surface area (Å²) in [7, 11) is -5.00. The molecule has 0 unspecified atom stereocenters. The minimum absolute atomic E-state index is 0.549. The molecule has 1 aliphatic heterocycles. The molecule has 208 valence electrons. The van der Waals surface area contributed by atoms with Gasteiger partial charge in [-0.2, -0.15) is 0 Å². The van der Waals surface area contributed by atoms with Gasteiger partial charge in [-0.1, -0.05) is 91.0 Å². The number of aliphatic hydroxyl groups excluding tert-OH is 2. The molecule has 1 aromatic heterocycles. The van der Waals surface area contributed by atoms with Gasteiger partial charge in [-0.05, 0) is 16.7 Å². The van der Waals surface area contributed by atoms with Crippen molar-refractivity contribution in [3.05, 3.63) is 141 Å². The monoisotopic (exact) mass is 566 g/mol. The van der Waals surface area contributed by atoms with Gasteiger partial charge in [0.15, 0.2) is 5.72 Å². The number of nitrogens with one attached hydrogen (secondary N) is 1. The molecule has 0 bridgehead atoms. The first-order valence-corrected chi connectivity index (χ1v) is 13.9. The van der Waals surface area contributed by atoms with Crippen LogP contribution in [0.3, 0.4) is 0 Å². The summed E-state index contributed by atoms with van der Waals surface area (Å²) in [4.78, 5) is 46.5. The summed E-state index contributed by atoms with van der Waals surface area (Å²) in [5.74, 6) is 0. The van der Waals surface area contributed by atoms with Gasteiger partial charge in [0.25, 0.3) is 5.56 Å². The van der Waals surface area contributed by atoms with E-state index in [0.717, 1.165) is 16.8 Å². The van der Waals surface area contributed by atoms with Crippen molar-refractivity contribution in [2.75, 3.05) is 6.61 Å². The average Bonchev–Trinajstić information content (AvgIpc) is 3.20. The highest BCUT2D eigenvalue weighted by Crippen LogP contribution is 2.57. The van der Waals surface area contributed by atoms with E-state index in [1.165, 1.54) is 0 Å². The third-order valence-electron chi connectivity index (χ3n) is 7.18. The van der Waals surface area contributed by atoms with Crippen LogP contribution in [-0.2, 0) is 25.0 Å². The van der Waals surface area contributed by atoms with E-state index in [1.807, 2.05) is 0 Å². The molecule has 2 heterocycles. The molecule has 3 aromatic carbocycles. The van der Waals surface area contributed by atoms with Gasteiger partial charge in [0.1, 0.15) is 18.3 Å². The lowest BCUT2D eigenvalue weighted by Crippen LogP contribution is -2.64. The molecule has 0 spiro atoms. The summed E-state index contributed by atoms with van der Waals surface area (Å²) in [6, 6.07) is 27.7. The first-order valence-electron chi connectivity index (χ1n) is 12.3. The molecule has 5 rings (SSSR count). The Morgan fingerprint density at radius 2 is 1.32 bits per heavy atom. The van der Waals surface area contributed by atoms with E-state index >= 15 is 0 Å². The van der Waals surface area contributed by atoms with Gasteiger partial charge in [-0.25, -0.2) is 9.36 Å². The summed E-state index contributed by atoms with van der Waals surface area (Å²) in [6.07, 6.45) is -4.01. The minimum atomic E-state index is -5.00. The number of aliphatic hydroxyl groups is 2. The maximum atomic E-state index is 13.5. The van der Waals surface area contributed by atoms with Crippen molar-refractivity contribution in [1.29, 1.82) is 0 Å². The first-order chi connectivity index (χ1) is 19.1. The van der Waals surface area contributed by atoms with Crippen molar-refractivity contribution < 1.29 is 33.8 Å². The zero-order valence-corrected chi connectivity index (χ0v) is 21.9. The fraction of sp³-hybridized carbons (Fsp3) is 0.214. The number of ether oxygens (including phenoxy) is 1. The highest BCUT2D eigenvalue weighted by Gasteiger charge is 2.68. The van der Waals surface area contributed by atoms with E-state index in [0.29, 0.717) is 16.7 Å². The SMILES string of the molecule is O=c1ccn([C@]2(C(c3ccccc3)(c3ccccc3)c3ccccc3)O[C@H](COP(=O)(O)O)[C@@H](O)[C@H]2O)c(=O)[nH]1. The number of nitrogens with zero attached hydrogens (tertiary/aromatic N) is 1. The Bertz CT molecular complexity index is 1530. The molecular formula is C28H27N2O9P. The fourth-order valence-corrected chi connectivity index (χ4v) is 6.00. The van der Waals surface area contributed by atoms with Gasteiger partial charge in [0.05, 0.1) is 12.0 Å². The maximum Gasteiger partial charge on any atom is 0.469 e. The highest BCUT2D eigenvalue weighted by molar-refractivity contribution is 7.46. The summed E-state index contributed by atoms with van der Waals surface area (Å²) in [5, 5.41) is 23.3. The second-order valence-corrected chi connectivity index (χ2v) is 10.6. The third kappa shape index (κ3) is 4.57. The number of H-pyrrole nitrogens is 1. The van der Waals surface area contributed by atoms with Gasteiger partial charge >= 0.3 is 13.5 Å². The van der Waals surface area contributed by atoms with Gasteiger partial charge in [-0.15, -0.1) is 0 Å². The predicted molar refractivity (Wildman–Crippen MR) is 143 cm³/mol. The van der Waals surface area contributed by atoms with Crippen LogP contribution < -0.4 is 11.2 Å². The number of aromatic nitrogens is 2. The summed E-state index contributed by atoms with van der Waals surface area (Å²) in [6.45, 7) is -0.809. The largest absolute Gasteiger partial charge is 0.469 e. The summed E-state index contributed by atoms with van der Waals surface area (Å²) < 4.78 is 23.7. The Labute approximate surface area is 228 Å². The number of phosphoric ester groups is 1. The average molecular weight is 567 g/mol. The Morgan fingerprint density at radius 1 is 0.850 bits per heavy atom. The lowest BCUT2D eigenvalue weighted by atomic mass is 9.60. The van der Waals surface area contributed by atoms with Crippen LogP contribution >= 0.6 is 7.82 Å².